The number of imide groups is 1. The Labute approximate surface area is 139 Å². The van der Waals surface area contributed by atoms with Gasteiger partial charge in [0.1, 0.15) is 0 Å². The fourth-order valence-corrected chi connectivity index (χ4v) is 3.09. The summed E-state index contributed by atoms with van der Waals surface area (Å²) in [6.07, 6.45) is 1.70. The molecule has 0 radical (unpaired) electrons. The molecule has 2 heterocycles. The molecule has 4 nitrogen and oxygen atoms in total. The van der Waals surface area contributed by atoms with E-state index in [-0.39, 0.29) is 11.8 Å². The van der Waals surface area contributed by atoms with Crippen molar-refractivity contribution in [2.24, 2.45) is 0 Å². The van der Waals surface area contributed by atoms with Crippen molar-refractivity contribution in [2.45, 2.75) is 6.92 Å². The van der Waals surface area contributed by atoms with E-state index in [1.807, 2.05) is 37.3 Å². The standard InChI is InChI=1S/C20H14N2O2/c1-13-7-6-11-17(18(13)16-10-4-5-12-21-16)22-19(23)14-8-2-3-9-15(14)20(22)24/h2-12H,1H3. The maximum Gasteiger partial charge on any atom is 0.266 e. The van der Waals surface area contributed by atoms with Gasteiger partial charge in [0.05, 0.1) is 22.5 Å². The van der Waals surface area contributed by atoms with Crippen LogP contribution in [0.2, 0.25) is 0 Å². The third-order valence-corrected chi connectivity index (χ3v) is 4.21. The average Bonchev–Trinajstić information content (AvgIpc) is 2.87. The highest BCUT2D eigenvalue weighted by Crippen LogP contribution is 2.37. The Balaban J connectivity index is 1.92. The van der Waals surface area contributed by atoms with Crippen molar-refractivity contribution in [1.82, 2.24) is 4.98 Å². The summed E-state index contributed by atoms with van der Waals surface area (Å²) in [7, 11) is 0. The predicted molar refractivity (Wildman–Crippen MR) is 92.0 cm³/mol. The molecule has 0 N–H and O–H groups in total. The maximum absolute atomic E-state index is 12.8. The van der Waals surface area contributed by atoms with Crippen molar-refractivity contribution in [3.05, 3.63) is 83.6 Å². The second kappa shape index (κ2) is 5.42. The highest BCUT2D eigenvalue weighted by atomic mass is 16.2. The molecule has 0 saturated carbocycles. The summed E-state index contributed by atoms with van der Waals surface area (Å²) < 4.78 is 0. The van der Waals surface area contributed by atoms with Crippen molar-refractivity contribution in [2.75, 3.05) is 4.90 Å². The molecule has 1 aliphatic heterocycles. The Bertz CT molecular complexity index is 929. The summed E-state index contributed by atoms with van der Waals surface area (Å²) in [6, 6.07) is 18.1. The van der Waals surface area contributed by atoms with Gasteiger partial charge in [0.15, 0.2) is 0 Å². The molecular weight excluding hydrogens is 300 g/mol. The largest absolute Gasteiger partial charge is 0.268 e. The second-order valence-electron chi connectivity index (χ2n) is 5.68. The van der Waals surface area contributed by atoms with Crippen LogP contribution in [0.25, 0.3) is 11.3 Å². The molecule has 3 aromatic rings. The second-order valence-corrected chi connectivity index (χ2v) is 5.68. The molecule has 1 aliphatic rings. The normalized spacial score (nSPS) is 13.3. The van der Waals surface area contributed by atoms with E-state index in [2.05, 4.69) is 4.98 Å². The lowest BCUT2D eigenvalue weighted by Crippen LogP contribution is -2.30. The lowest BCUT2D eigenvalue weighted by atomic mass is 10.0. The highest BCUT2D eigenvalue weighted by Gasteiger charge is 2.37. The number of hydrogen-bond donors (Lipinski definition) is 0. The van der Waals surface area contributed by atoms with Crippen LogP contribution in [-0.4, -0.2) is 16.8 Å². The first kappa shape index (κ1) is 14.3. The minimum absolute atomic E-state index is 0.293. The molecule has 0 atom stereocenters. The molecule has 116 valence electrons. The van der Waals surface area contributed by atoms with Crippen LogP contribution in [0.15, 0.2) is 66.9 Å². The van der Waals surface area contributed by atoms with E-state index in [1.54, 1.807) is 36.5 Å². The number of fused-ring (bicyclic) bond motifs is 1. The summed E-state index contributed by atoms with van der Waals surface area (Å²) in [6.45, 7) is 1.95. The number of carbonyl (C=O) groups excluding carboxylic acids is 2. The molecule has 4 heteroatoms. The fourth-order valence-electron chi connectivity index (χ4n) is 3.09. The summed E-state index contributed by atoms with van der Waals surface area (Å²) in [5.74, 6) is -0.586. The van der Waals surface area contributed by atoms with Crippen molar-refractivity contribution in [3.8, 4) is 11.3 Å². The molecule has 24 heavy (non-hydrogen) atoms. The van der Waals surface area contributed by atoms with Crippen LogP contribution in [0.4, 0.5) is 5.69 Å². The number of aromatic nitrogens is 1. The first-order valence-corrected chi connectivity index (χ1v) is 7.67. The van der Waals surface area contributed by atoms with Crippen molar-refractivity contribution >= 4 is 17.5 Å². The van der Waals surface area contributed by atoms with Crippen LogP contribution >= 0.6 is 0 Å². The van der Waals surface area contributed by atoms with Gasteiger partial charge >= 0.3 is 0 Å². The molecule has 0 spiro atoms. The van der Waals surface area contributed by atoms with Crippen molar-refractivity contribution in [1.29, 1.82) is 0 Å². The molecule has 2 amide bonds. The maximum atomic E-state index is 12.8. The summed E-state index contributed by atoms with van der Waals surface area (Å²) in [4.78, 5) is 31.2. The van der Waals surface area contributed by atoms with Crippen LogP contribution in [0.3, 0.4) is 0 Å². The molecule has 0 saturated heterocycles. The zero-order valence-corrected chi connectivity index (χ0v) is 13.1. The molecule has 0 aliphatic carbocycles. The van der Waals surface area contributed by atoms with Gasteiger partial charge in [-0.3, -0.25) is 14.6 Å². The van der Waals surface area contributed by atoms with Gasteiger partial charge in [-0.15, -0.1) is 0 Å². The van der Waals surface area contributed by atoms with E-state index >= 15 is 0 Å². The quantitative estimate of drug-likeness (QED) is 0.675. The van der Waals surface area contributed by atoms with E-state index in [1.165, 1.54) is 4.90 Å². The third kappa shape index (κ3) is 2.04. The number of amides is 2. The molecular formula is C20H14N2O2. The minimum atomic E-state index is -0.293. The number of rotatable bonds is 2. The van der Waals surface area contributed by atoms with E-state index in [0.717, 1.165) is 16.8 Å². The van der Waals surface area contributed by atoms with Gasteiger partial charge in [0.25, 0.3) is 11.8 Å². The number of carbonyl (C=O) groups is 2. The van der Waals surface area contributed by atoms with Gasteiger partial charge in [-0.05, 0) is 42.8 Å². The topological polar surface area (TPSA) is 50.3 Å². The zero-order chi connectivity index (χ0) is 16.7. The Hall–Kier alpha value is -3.27. The number of anilines is 1. The molecule has 0 fully saturated rings. The van der Waals surface area contributed by atoms with Gasteiger partial charge in [-0.2, -0.15) is 0 Å². The Morgan fingerprint density at radius 1 is 0.792 bits per heavy atom. The van der Waals surface area contributed by atoms with Crippen LogP contribution in [0, 0.1) is 6.92 Å². The number of aryl methyl sites for hydroxylation is 1. The van der Waals surface area contributed by atoms with Crippen molar-refractivity contribution < 1.29 is 9.59 Å². The van der Waals surface area contributed by atoms with Gasteiger partial charge in [0, 0.05) is 11.8 Å². The Kier molecular flexibility index (Phi) is 3.24. The third-order valence-electron chi connectivity index (χ3n) is 4.21. The fraction of sp³-hybridized carbons (Fsp3) is 0.0500. The van der Waals surface area contributed by atoms with E-state index in [9.17, 15) is 9.59 Å². The van der Waals surface area contributed by atoms with Gasteiger partial charge in [0.2, 0.25) is 0 Å². The van der Waals surface area contributed by atoms with Crippen LogP contribution in [-0.2, 0) is 0 Å². The summed E-state index contributed by atoms with van der Waals surface area (Å²) in [5.41, 5.74) is 3.95. The van der Waals surface area contributed by atoms with Crippen LogP contribution < -0.4 is 4.90 Å². The first-order chi connectivity index (χ1) is 11.7. The summed E-state index contributed by atoms with van der Waals surface area (Å²) >= 11 is 0. The van der Waals surface area contributed by atoms with Gasteiger partial charge in [-0.1, -0.05) is 30.3 Å². The van der Waals surface area contributed by atoms with E-state index in [0.29, 0.717) is 16.8 Å². The van der Waals surface area contributed by atoms with Crippen molar-refractivity contribution in [3.63, 3.8) is 0 Å². The molecule has 0 bridgehead atoms. The average molecular weight is 314 g/mol. The van der Waals surface area contributed by atoms with Crippen LogP contribution in [0.1, 0.15) is 26.3 Å². The minimum Gasteiger partial charge on any atom is -0.268 e. The Morgan fingerprint density at radius 3 is 2.08 bits per heavy atom. The SMILES string of the molecule is Cc1cccc(N2C(=O)c3ccccc3C2=O)c1-c1ccccn1. The van der Waals surface area contributed by atoms with Gasteiger partial charge in [-0.25, -0.2) is 4.90 Å². The molecule has 1 aromatic heterocycles. The number of pyridine rings is 1. The Morgan fingerprint density at radius 2 is 1.46 bits per heavy atom. The number of hydrogen-bond acceptors (Lipinski definition) is 3. The smallest absolute Gasteiger partial charge is 0.266 e. The number of benzene rings is 2. The molecule has 4 rings (SSSR count). The van der Waals surface area contributed by atoms with E-state index in [4.69, 9.17) is 0 Å². The van der Waals surface area contributed by atoms with Gasteiger partial charge < -0.3 is 0 Å². The zero-order valence-electron chi connectivity index (χ0n) is 13.1. The molecule has 2 aromatic carbocycles. The lowest BCUT2D eigenvalue weighted by molar-refractivity contribution is 0.0926. The van der Waals surface area contributed by atoms with E-state index < -0.39 is 0 Å². The molecule has 0 unspecified atom stereocenters. The lowest BCUT2D eigenvalue weighted by Gasteiger charge is -2.19. The summed E-state index contributed by atoms with van der Waals surface area (Å²) in [5, 5.41) is 0. The van der Waals surface area contributed by atoms with Crippen LogP contribution in [0.5, 0.6) is 0 Å². The number of nitrogens with zero attached hydrogens (tertiary/aromatic N) is 2. The monoisotopic (exact) mass is 314 g/mol. The predicted octanol–water partition coefficient (Wildman–Crippen LogP) is 3.86. The first-order valence-electron chi connectivity index (χ1n) is 7.67. The highest BCUT2D eigenvalue weighted by molar-refractivity contribution is 6.35.